The summed E-state index contributed by atoms with van der Waals surface area (Å²) in [7, 11) is 0. The first-order chi connectivity index (χ1) is 8.54. The van der Waals surface area contributed by atoms with Gasteiger partial charge in [-0.1, -0.05) is 34.5 Å². The fourth-order valence-electron chi connectivity index (χ4n) is 1.26. The molecular weight excluding hydrogens is 295 g/mol. The molecule has 2 rings (SSSR count). The zero-order valence-electron chi connectivity index (χ0n) is 8.84. The molecule has 18 heavy (non-hydrogen) atoms. The lowest BCUT2D eigenvalue weighted by Gasteiger charge is -1.95. The van der Waals surface area contributed by atoms with Crippen LogP contribution >= 0.6 is 34.5 Å². The maximum absolute atomic E-state index is 10.5. The Hall–Kier alpha value is -1.43. The van der Waals surface area contributed by atoms with Crippen molar-refractivity contribution in [2.24, 2.45) is 4.99 Å². The van der Waals surface area contributed by atoms with Crippen molar-refractivity contribution in [3.63, 3.8) is 0 Å². The predicted octanol–water partition coefficient (Wildman–Crippen LogP) is 4.71. The van der Waals surface area contributed by atoms with E-state index in [1.54, 1.807) is 30.5 Å². The van der Waals surface area contributed by atoms with Gasteiger partial charge < -0.3 is 0 Å². The molecule has 0 saturated carbocycles. The normalized spacial score (nSPS) is 11.0. The van der Waals surface area contributed by atoms with Gasteiger partial charge in [-0.3, -0.25) is 15.1 Å². The molecule has 1 aromatic heterocycles. The van der Waals surface area contributed by atoms with Gasteiger partial charge in [-0.25, -0.2) is 0 Å². The molecule has 2 aromatic rings. The number of nitrogens with zero attached hydrogens (tertiary/aromatic N) is 2. The number of thiophene rings is 1. The van der Waals surface area contributed by atoms with Crippen LogP contribution in [0.25, 0.3) is 0 Å². The van der Waals surface area contributed by atoms with Crippen molar-refractivity contribution in [3.05, 3.63) is 55.4 Å². The van der Waals surface area contributed by atoms with Gasteiger partial charge in [-0.2, -0.15) is 0 Å². The Bertz CT molecular complexity index is 605. The summed E-state index contributed by atoms with van der Waals surface area (Å²) in [5.74, 6) is 0. The summed E-state index contributed by atoms with van der Waals surface area (Å²) in [5, 5.41) is 11.6. The lowest BCUT2D eigenvalue weighted by atomic mass is 10.3. The maximum Gasteiger partial charge on any atom is 0.324 e. The minimum absolute atomic E-state index is 0.0839. The zero-order chi connectivity index (χ0) is 13.1. The third-order valence-electron chi connectivity index (χ3n) is 1.98. The molecule has 0 unspecified atom stereocenters. The van der Waals surface area contributed by atoms with Crippen LogP contribution in [-0.4, -0.2) is 11.1 Å². The number of hydrogen-bond acceptors (Lipinski definition) is 4. The van der Waals surface area contributed by atoms with E-state index in [1.165, 1.54) is 6.07 Å². The van der Waals surface area contributed by atoms with Crippen LogP contribution in [-0.2, 0) is 0 Å². The molecule has 0 aliphatic carbocycles. The van der Waals surface area contributed by atoms with Crippen LogP contribution in [0.3, 0.4) is 0 Å². The molecule has 7 heteroatoms. The molecule has 4 nitrogen and oxygen atoms in total. The molecule has 0 spiro atoms. The molecule has 0 bridgehead atoms. The van der Waals surface area contributed by atoms with Crippen LogP contribution in [0.1, 0.15) is 4.88 Å². The van der Waals surface area contributed by atoms with Gasteiger partial charge >= 0.3 is 5.00 Å². The van der Waals surface area contributed by atoms with Crippen LogP contribution < -0.4 is 0 Å². The standard InChI is InChI=1S/C11H6Cl2N2O2S/c12-7-3-8(13)5-9(4-7)14-6-10-1-2-11(18-10)15(16)17/h1-6H. The van der Waals surface area contributed by atoms with Crippen molar-refractivity contribution in [3.8, 4) is 0 Å². The largest absolute Gasteiger partial charge is 0.324 e. The van der Waals surface area contributed by atoms with Crippen molar-refractivity contribution in [1.29, 1.82) is 0 Å². The summed E-state index contributed by atoms with van der Waals surface area (Å²) < 4.78 is 0. The molecule has 0 radical (unpaired) electrons. The van der Waals surface area contributed by atoms with Crippen LogP contribution in [0.5, 0.6) is 0 Å². The molecule has 0 N–H and O–H groups in total. The van der Waals surface area contributed by atoms with E-state index in [2.05, 4.69) is 4.99 Å². The quantitative estimate of drug-likeness (QED) is 0.468. The number of halogens is 2. The summed E-state index contributed by atoms with van der Waals surface area (Å²) in [6, 6.07) is 8.01. The number of nitro groups is 1. The molecule has 0 atom stereocenters. The fraction of sp³-hybridized carbons (Fsp3) is 0. The molecule has 1 aromatic carbocycles. The molecule has 1 heterocycles. The van der Waals surface area contributed by atoms with Gasteiger partial charge in [-0.05, 0) is 24.3 Å². The topological polar surface area (TPSA) is 55.5 Å². The predicted molar refractivity (Wildman–Crippen MR) is 74.7 cm³/mol. The van der Waals surface area contributed by atoms with Gasteiger partial charge in [0.2, 0.25) is 0 Å². The highest BCUT2D eigenvalue weighted by atomic mass is 35.5. The molecule has 0 amide bonds. The van der Waals surface area contributed by atoms with Crippen molar-refractivity contribution in [1.82, 2.24) is 0 Å². The lowest BCUT2D eigenvalue weighted by Crippen LogP contribution is -1.80. The van der Waals surface area contributed by atoms with Gasteiger partial charge in [0, 0.05) is 22.3 Å². The first kappa shape index (κ1) is 13.0. The Morgan fingerprint density at radius 2 is 1.89 bits per heavy atom. The molecule has 0 saturated heterocycles. The van der Waals surface area contributed by atoms with E-state index in [9.17, 15) is 10.1 Å². The average molecular weight is 301 g/mol. The second-order valence-corrected chi connectivity index (χ2v) is 5.29. The van der Waals surface area contributed by atoms with Gasteiger partial charge in [-0.15, -0.1) is 0 Å². The van der Waals surface area contributed by atoms with Gasteiger partial charge in [0.25, 0.3) is 0 Å². The van der Waals surface area contributed by atoms with Crippen molar-refractivity contribution in [2.75, 3.05) is 0 Å². The van der Waals surface area contributed by atoms with Crippen molar-refractivity contribution >= 4 is 51.4 Å². The lowest BCUT2D eigenvalue weighted by molar-refractivity contribution is -0.380. The maximum atomic E-state index is 10.5. The first-order valence-electron chi connectivity index (χ1n) is 4.79. The van der Waals surface area contributed by atoms with E-state index in [1.807, 2.05) is 0 Å². The Morgan fingerprint density at radius 1 is 1.22 bits per heavy atom. The van der Waals surface area contributed by atoms with E-state index >= 15 is 0 Å². The van der Waals surface area contributed by atoms with E-state index < -0.39 is 4.92 Å². The Labute approximate surface area is 117 Å². The summed E-state index contributed by atoms with van der Waals surface area (Å²) >= 11 is 12.7. The van der Waals surface area contributed by atoms with Crippen molar-refractivity contribution < 1.29 is 4.92 Å². The average Bonchev–Trinajstić information content (AvgIpc) is 2.73. The number of benzene rings is 1. The van der Waals surface area contributed by atoms with Gasteiger partial charge in [0.05, 0.1) is 15.5 Å². The summed E-state index contributed by atoms with van der Waals surface area (Å²) in [4.78, 5) is 14.9. The number of rotatable bonds is 3. The number of aliphatic imine (C=N–C) groups is 1. The van der Waals surface area contributed by atoms with E-state index in [-0.39, 0.29) is 5.00 Å². The fourth-order valence-corrected chi connectivity index (χ4v) is 2.47. The van der Waals surface area contributed by atoms with Crippen LogP contribution in [0.4, 0.5) is 10.7 Å². The summed E-state index contributed by atoms with van der Waals surface area (Å²) in [5.41, 5.74) is 0.601. The SMILES string of the molecule is O=[N+]([O-])c1ccc(C=Nc2cc(Cl)cc(Cl)c2)s1. The minimum atomic E-state index is -0.432. The first-order valence-corrected chi connectivity index (χ1v) is 6.36. The molecular formula is C11H6Cl2N2O2S. The molecule has 92 valence electrons. The highest BCUT2D eigenvalue weighted by Crippen LogP contribution is 2.26. The van der Waals surface area contributed by atoms with E-state index in [0.717, 1.165) is 11.3 Å². The summed E-state index contributed by atoms with van der Waals surface area (Å²) in [6.07, 6.45) is 1.54. The van der Waals surface area contributed by atoms with Gasteiger partial charge in [0.1, 0.15) is 0 Å². The third-order valence-corrected chi connectivity index (χ3v) is 3.39. The van der Waals surface area contributed by atoms with Crippen LogP contribution in [0.2, 0.25) is 10.0 Å². The molecule has 0 fully saturated rings. The second kappa shape index (κ2) is 5.48. The summed E-state index contributed by atoms with van der Waals surface area (Å²) in [6.45, 7) is 0. The zero-order valence-corrected chi connectivity index (χ0v) is 11.2. The molecule has 0 aliphatic rings. The smallest absolute Gasteiger partial charge is 0.258 e. The Balaban J connectivity index is 2.21. The third kappa shape index (κ3) is 3.29. The Kier molecular flexibility index (Phi) is 3.96. The van der Waals surface area contributed by atoms with Crippen LogP contribution in [0.15, 0.2) is 35.3 Å². The highest BCUT2D eigenvalue weighted by Gasteiger charge is 2.07. The molecule has 0 aliphatic heterocycles. The number of hydrogen-bond donors (Lipinski definition) is 0. The van der Waals surface area contributed by atoms with E-state index in [4.69, 9.17) is 23.2 Å². The van der Waals surface area contributed by atoms with Gasteiger partial charge in [0.15, 0.2) is 0 Å². The Morgan fingerprint density at radius 3 is 2.44 bits per heavy atom. The second-order valence-electron chi connectivity index (χ2n) is 3.32. The minimum Gasteiger partial charge on any atom is -0.258 e. The van der Waals surface area contributed by atoms with Crippen LogP contribution in [0, 0.1) is 10.1 Å². The van der Waals surface area contributed by atoms with E-state index in [0.29, 0.717) is 20.6 Å². The highest BCUT2D eigenvalue weighted by molar-refractivity contribution is 7.16. The monoisotopic (exact) mass is 300 g/mol. The van der Waals surface area contributed by atoms with Crippen molar-refractivity contribution in [2.45, 2.75) is 0 Å².